The molecule has 1 atom stereocenters. The SMILES string of the molecule is CCO[P+](=O)/C=C/CNC(=O)OC(C)(C)C. The van der Waals surface area contributed by atoms with Crippen LogP contribution < -0.4 is 5.32 Å². The minimum absolute atomic E-state index is 0.267. The van der Waals surface area contributed by atoms with Gasteiger partial charge < -0.3 is 10.1 Å². The van der Waals surface area contributed by atoms with Crippen LogP contribution >= 0.6 is 8.03 Å². The Morgan fingerprint density at radius 3 is 2.56 bits per heavy atom. The molecule has 0 saturated heterocycles. The van der Waals surface area contributed by atoms with Crippen molar-refractivity contribution in [2.45, 2.75) is 33.3 Å². The normalized spacial score (nSPS) is 12.6. The van der Waals surface area contributed by atoms with Gasteiger partial charge in [0.1, 0.15) is 12.2 Å². The summed E-state index contributed by atoms with van der Waals surface area (Å²) in [4.78, 5) is 11.2. The topological polar surface area (TPSA) is 64.6 Å². The van der Waals surface area contributed by atoms with E-state index in [0.717, 1.165) is 0 Å². The van der Waals surface area contributed by atoms with Crippen molar-refractivity contribution >= 4 is 14.1 Å². The average molecular weight is 248 g/mol. The Balaban J connectivity index is 3.74. The second-order valence-electron chi connectivity index (χ2n) is 3.97. The Hall–Kier alpha value is -0.930. The molecule has 1 N–H and O–H groups in total. The maximum absolute atomic E-state index is 11.2. The number of hydrogen-bond acceptors (Lipinski definition) is 4. The zero-order valence-corrected chi connectivity index (χ0v) is 11.0. The quantitative estimate of drug-likeness (QED) is 0.760. The molecule has 0 saturated carbocycles. The van der Waals surface area contributed by atoms with Crippen molar-refractivity contribution in [3.8, 4) is 0 Å². The summed E-state index contributed by atoms with van der Waals surface area (Å²) in [5.41, 5.74) is -0.510. The van der Waals surface area contributed by atoms with Crippen molar-refractivity contribution < 1.29 is 18.6 Å². The summed E-state index contributed by atoms with van der Waals surface area (Å²) < 4.78 is 20.8. The van der Waals surface area contributed by atoms with Gasteiger partial charge in [0.05, 0.1) is 0 Å². The van der Waals surface area contributed by atoms with Crippen LogP contribution in [0.25, 0.3) is 0 Å². The number of amides is 1. The number of carbonyl (C=O) groups excluding carboxylic acids is 1. The van der Waals surface area contributed by atoms with Gasteiger partial charge in [-0.15, -0.1) is 4.52 Å². The van der Waals surface area contributed by atoms with Crippen molar-refractivity contribution in [3.05, 3.63) is 11.9 Å². The summed E-state index contributed by atoms with van der Waals surface area (Å²) in [5.74, 6) is 1.41. The molecule has 16 heavy (non-hydrogen) atoms. The number of rotatable bonds is 5. The van der Waals surface area contributed by atoms with Crippen LogP contribution in [0.1, 0.15) is 27.7 Å². The molecule has 0 aromatic carbocycles. The minimum Gasteiger partial charge on any atom is -0.444 e. The summed E-state index contributed by atoms with van der Waals surface area (Å²) in [7, 11) is -1.76. The van der Waals surface area contributed by atoms with Crippen LogP contribution in [0.15, 0.2) is 11.9 Å². The van der Waals surface area contributed by atoms with E-state index in [9.17, 15) is 9.36 Å². The lowest BCUT2D eigenvalue weighted by molar-refractivity contribution is 0.0534. The summed E-state index contributed by atoms with van der Waals surface area (Å²) in [6.07, 6.45) is 1.07. The minimum atomic E-state index is -1.76. The van der Waals surface area contributed by atoms with Crippen LogP contribution in [0.3, 0.4) is 0 Å². The van der Waals surface area contributed by atoms with Crippen LogP contribution in [0, 0.1) is 0 Å². The lowest BCUT2D eigenvalue weighted by Gasteiger charge is -2.19. The molecular formula is C10H19NO4P+. The van der Waals surface area contributed by atoms with Crippen molar-refractivity contribution in [1.29, 1.82) is 0 Å². The molecule has 0 aliphatic carbocycles. The van der Waals surface area contributed by atoms with E-state index < -0.39 is 19.7 Å². The predicted molar refractivity (Wildman–Crippen MR) is 62.6 cm³/mol. The van der Waals surface area contributed by atoms with Crippen molar-refractivity contribution in [2.24, 2.45) is 0 Å². The zero-order chi connectivity index (χ0) is 12.6. The van der Waals surface area contributed by atoms with Crippen LogP contribution in [0.4, 0.5) is 4.79 Å². The third-order valence-corrected chi connectivity index (χ3v) is 2.21. The first kappa shape index (κ1) is 15.1. The third-order valence-electron chi connectivity index (χ3n) is 1.25. The monoisotopic (exact) mass is 248 g/mol. The molecule has 0 spiro atoms. The number of hydrogen-bond donors (Lipinski definition) is 1. The number of alkyl carbamates (subject to hydrolysis) is 1. The van der Waals surface area contributed by atoms with E-state index >= 15 is 0 Å². The smallest absolute Gasteiger partial charge is 0.444 e. The molecule has 0 radical (unpaired) electrons. The summed E-state index contributed by atoms with van der Waals surface area (Å²) in [5, 5.41) is 2.50. The summed E-state index contributed by atoms with van der Waals surface area (Å²) >= 11 is 0. The van der Waals surface area contributed by atoms with Crippen molar-refractivity contribution in [1.82, 2.24) is 5.32 Å². The maximum Gasteiger partial charge on any atom is 0.540 e. The highest BCUT2D eigenvalue weighted by Crippen LogP contribution is 2.22. The number of ether oxygens (including phenoxy) is 1. The van der Waals surface area contributed by atoms with Crippen molar-refractivity contribution in [3.63, 3.8) is 0 Å². The zero-order valence-electron chi connectivity index (χ0n) is 10.1. The molecule has 1 amide bonds. The highest BCUT2D eigenvalue weighted by atomic mass is 31.1. The molecule has 0 aromatic rings. The largest absolute Gasteiger partial charge is 0.540 e. The fourth-order valence-electron chi connectivity index (χ4n) is 0.765. The van der Waals surface area contributed by atoms with E-state index in [4.69, 9.17) is 9.26 Å². The summed E-state index contributed by atoms with van der Waals surface area (Å²) in [6.45, 7) is 7.79. The lowest BCUT2D eigenvalue weighted by atomic mass is 10.2. The third kappa shape index (κ3) is 9.62. The highest BCUT2D eigenvalue weighted by Gasteiger charge is 2.15. The van der Waals surface area contributed by atoms with Gasteiger partial charge in [0, 0.05) is 6.54 Å². The van der Waals surface area contributed by atoms with Gasteiger partial charge in [-0.25, -0.2) is 4.79 Å². The van der Waals surface area contributed by atoms with Gasteiger partial charge in [0.25, 0.3) is 0 Å². The highest BCUT2D eigenvalue weighted by molar-refractivity contribution is 7.42. The van der Waals surface area contributed by atoms with Crippen LogP contribution in [0.2, 0.25) is 0 Å². The molecule has 0 aliphatic rings. The Morgan fingerprint density at radius 2 is 2.06 bits per heavy atom. The summed E-state index contributed by atoms with van der Waals surface area (Å²) in [6, 6.07) is 0. The molecule has 0 rings (SSSR count). The molecule has 0 fully saturated rings. The van der Waals surface area contributed by atoms with Crippen LogP contribution in [-0.4, -0.2) is 24.8 Å². The maximum atomic E-state index is 11.2. The van der Waals surface area contributed by atoms with Gasteiger partial charge in [-0.2, -0.15) is 0 Å². The van der Waals surface area contributed by atoms with E-state index in [1.165, 1.54) is 5.82 Å². The molecule has 0 aliphatic heterocycles. The second-order valence-corrected chi connectivity index (χ2v) is 5.10. The standard InChI is InChI=1S/C10H18NO4P/c1-5-14-16(13)8-6-7-11-9(12)15-10(2,3)4/h6,8H,5,7H2,1-4H3/p+1/b8-6+. The Morgan fingerprint density at radius 1 is 1.44 bits per heavy atom. The molecule has 92 valence electrons. The molecule has 1 unspecified atom stereocenters. The first-order valence-corrected chi connectivity index (χ1v) is 6.32. The van der Waals surface area contributed by atoms with Gasteiger partial charge in [-0.05, 0) is 38.3 Å². The second kappa shape index (κ2) is 7.36. The van der Waals surface area contributed by atoms with E-state index in [1.807, 2.05) is 0 Å². The van der Waals surface area contributed by atoms with Gasteiger partial charge in [0.2, 0.25) is 0 Å². The molecular weight excluding hydrogens is 229 g/mol. The van der Waals surface area contributed by atoms with Gasteiger partial charge in [0.15, 0.2) is 5.82 Å². The molecule has 0 aromatic heterocycles. The Kier molecular flexibility index (Phi) is 6.93. The Labute approximate surface area is 97.1 Å². The van der Waals surface area contributed by atoms with Gasteiger partial charge in [-0.1, -0.05) is 0 Å². The van der Waals surface area contributed by atoms with Gasteiger partial charge in [-0.3, -0.25) is 0 Å². The van der Waals surface area contributed by atoms with Crippen LogP contribution in [0.5, 0.6) is 0 Å². The van der Waals surface area contributed by atoms with E-state index in [0.29, 0.717) is 6.61 Å². The van der Waals surface area contributed by atoms with E-state index in [-0.39, 0.29) is 6.54 Å². The average Bonchev–Trinajstić information content (AvgIpc) is 2.10. The van der Waals surface area contributed by atoms with E-state index in [2.05, 4.69) is 5.32 Å². The number of carbonyl (C=O) groups is 1. The molecule has 5 nitrogen and oxygen atoms in total. The lowest BCUT2D eigenvalue weighted by Crippen LogP contribution is -2.32. The van der Waals surface area contributed by atoms with Gasteiger partial charge >= 0.3 is 14.1 Å². The van der Waals surface area contributed by atoms with E-state index in [1.54, 1.807) is 33.8 Å². The van der Waals surface area contributed by atoms with Crippen LogP contribution in [-0.2, 0) is 13.8 Å². The fourth-order valence-corrected chi connectivity index (χ4v) is 1.38. The fraction of sp³-hybridized carbons (Fsp3) is 0.700. The first-order chi connectivity index (χ1) is 7.35. The number of nitrogens with one attached hydrogen (secondary N) is 1. The predicted octanol–water partition coefficient (Wildman–Crippen LogP) is 2.80. The molecule has 6 heteroatoms. The molecule has 0 heterocycles. The Bertz CT molecular complexity index is 270. The molecule has 0 bridgehead atoms. The first-order valence-electron chi connectivity index (χ1n) is 5.08. The van der Waals surface area contributed by atoms with Crippen molar-refractivity contribution in [2.75, 3.05) is 13.2 Å².